The van der Waals surface area contributed by atoms with Gasteiger partial charge in [-0.05, 0) is 0 Å². The van der Waals surface area contributed by atoms with Gasteiger partial charge in [0.15, 0.2) is 12.6 Å². The van der Waals surface area contributed by atoms with Gasteiger partial charge < -0.3 is 15.2 Å². The normalized spacial score (nSPS) is 8.56. The second-order valence-corrected chi connectivity index (χ2v) is 1.34. The van der Waals surface area contributed by atoms with Crippen LogP contribution in [0.1, 0.15) is 0 Å². The van der Waals surface area contributed by atoms with E-state index in [2.05, 4.69) is 16.1 Å². The first-order valence-corrected chi connectivity index (χ1v) is 2.29. The molecule has 0 rings (SSSR count). The van der Waals surface area contributed by atoms with Crippen LogP contribution in [0.4, 0.5) is 0 Å². The zero-order chi connectivity index (χ0) is 7.28. The Morgan fingerprint density at radius 3 is 2.67 bits per heavy atom. The summed E-state index contributed by atoms with van der Waals surface area (Å²) in [5.41, 5.74) is 4.76. The molecular weight excluding hydrogens is 122 g/mol. The molecule has 0 aliphatic rings. The molecule has 4 nitrogen and oxygen atoms in total. The van der Waals surface area contributed by atoms with Crippen LogP contribution >= 0.6 is 0 Å². The SMILES string of the molecule is C=C(OCOC)C(N)=O. The number of hydrogen-bond acceptors (Lipinski definition) is 3. The third-order valence-electron chi connectivity index (χ3n) is 0.626. The molecule has 0 aromatic rings. The molecule has 1 amide bonds. The van der Waals surface area contributed by atoms with Gasteiger partial charge in [-0.2, -0.15) is 0 Å². The van der Waals surface area contributed by atoms with Gasteiger partial charge in [0.1, 0.15) is 0 Å². The molecule has 0 bridgehead atoms. The van der Waals surface area contributed by atoms with Gasteiger partial charge in [-0.25, -0.2) is 0 Å². The van der Waals surface area contributed by atoms with E-state index in [1.807, 2.05) is 0 Å². The smallest absolute Gasteiger partial charge is 0.283 e. The van der Waals surface area contributed by atoms with Crippen molar-refractivity contribution in [1.82, 2.24) is 0 Å². The lowest BCUT2D eigenvalue weighted by atomic mass is 10.5. The fraction of sp³-hybridized carbons (Fsp3) is 0.400. The second kappa shape index (κ2) is 3.91. The second-order valence-electron chi connectivity index (χ2n) is 1.34. The minimum Gasteiger partial charge on any atom is -0.462 e. The Labute approximate surface area is 53.2 Å². The zero-order valence-corrected chi connectivity index (χ0v) is 5.22. The van der Waals surface area contributed by atoms with Gasteiger partial charge in [0.2, 0.25) is 0 Å². The fourth-order valence-electron chi connectivity index (χ4n) is 0.201. The number of hydrogen-bond donors (Lipinski definition) is 1. The van der Waals surface area contributed by atoms with Gasteiger partial charge >= 0.3 is 0 Å². The Balaban J connectivity index is 3.39. The summed E-state index contributed by atoms with van der Waals surface area (Å²) in [5, 5.41) is 0. The van der Waals surface area contributed by atoms with Gasteiger partial charge in [0, 0.05) is 7.11 Å². The fourth-order valence-corrected chi connectivity index (χ4v) is 0.201. The standard InChI is InChI=1S/C5H9NO3/c1-4(5(6)7)9-3-8-2/h1,3H2,2H3,(H2,6,7). The largest absolute Gasteiger partial charge is 0.462 e. The number of carbonyl (C=O) groups is 1. The van der Waals surface area contributed by atoms with Crippen molar-refractivity contribution in [2.24, 2.45) is 5.73 Å². The van der Waals surface area contributed by atoms with Gasteiger partial charge in [-0.3, -0.25) is 4.79 Å². The summed E-state index contributed by atoms with van der Waals surface area (Å²) in [4.78, 5) is 10.1. The zero-order valence-electron chi connectivity index (χ0n) is 5.22. The van der Waals surface area contributed by atoms with Crippen LogP contribution in [0.2, 0.25) is 0 Å². The number of rotatable bonds is 4. The van der Waals surface area contributed by atoms with Crippen LogP contribution in [0.5, 0.6) is 0 Å². The lowest BCUT2D eigenvalue weighted by Crippen LogP contribution is -2.15. The Kier molecular flexibility index (Phi) is 3.46. The molecule has 0 unspecified atom stereocenters. The molecule has 4 heteroatoms. The Bertz CT molecular complexity index is 121. The van der Waals surface area contributed by atoms with Crippen LogP contribution < -0.4 is 5.73 Å². The molecule has 0 saturated carbocycles. The molecule has 0 aliphatic heterocycles. The predicted octanol–water partition coefficient (Wildman–Crippen LogP) is -0.394. The van der Waals surface area contributed by atoms with Gasteiger partial charge in [0.25, 0.3) is 5.91 Å². The number of methoxy groups -OCH3 is 1. The summed E-state index contributed by atoms with van der Waals surface area (Å²) in [5.74, 6) is -0.760. The summed E-state index contributed by atoms with van der Waals surface area (Å²) in [6.45, 7) is 3.22. The molecule has 0 radical (unpaired) electrons. The van der Waals surface area contributed by atoms with Crippen molar-refractivity contribution in [3.8, 4) is 0 Å². The molecule has 0 heterocycles. The van der Waals surface area contributed by atoms with Crippen LogP contribution in [0, 0.1) is 0 Å². The topological polar surface area (TPSA) is 61.6 Å². The van der Waals surface area contributed by atoms with Crippen molar-refractivity contribution in [2.45, 2.75) is 0 Å². The minimum absolute atomic E-state index is 0.00176. The Morgan fingerprint density at radius 2 is 2.33 bits per heavy atom. The third kappa shape index (κ3) is 3.54. The molecule has 0 fully saturated rings. The molecule has 0 aromatic carbocycles. The average molecular weight is 131 g/mol. The summed E-state index contributed by atoms with van der Waals surface area (Å²) < 4.78 is 9.03. The maximum absolute atomic E-state index is 10.1. The van der Waals surface area contributed by atoms with Crippen LogP contribution in [0.25, 0.3) is 0 Å². The van der Waals surface area contributed by atoms with E-state index in [9.17, 15) is 4.79 Å². The number of ether oxygens (including phenoxy) is 2. The summed E-state index contributed by atoms with van der Waals surface area (Å²) >= 11 is 0. The first kappa shape index (κ1) is 7.97. The Morgan fingerprint density at radius 1 is 1.78 bits per heavy atom. The van der Waals surface area contributed by atoms with Gasteiger partial charge in [0.05, 0.1) is 0 Å². The number of carbonyl (C=O) groups excluding carboxylic acids is 1. The molecule has 52 valence electrons. The van der Waals surface area contributed by atoms with Crippen molar-refractivity contribution < 1.29 is 14.3 Å². The number of amides is 1. The molecule has 2 N–H and O–H groups in total. The predicted molar refractivity (Wildman–Crippen MR) is 31.3 cm³/mol. The molecule has 0 aromatic heterocycles. The summed E-state index contributed by atoms with van der Waals surface area (Å²) in [6, 6.07) is 0. The van der Waals surface area contributed by atoms with E-state index < -0.39 is 5.91 Å². The van der Waals surface area contributed by atoms with E-state index in [0.29, 0.717) is 0 Å². The number of nitrogens with two attached hydrogens (primary N) is 1. The minimum atomic E-state index is -0.674. The van der Waals surface area contributed by atoms with Gasteiger partial charge in [-0.1, -0.05) is 6.58 Å². The summed E-state index contributed by atoms with van der Waals surface area (Å²) in [7, 11) is 1.44. The van der Waals surface area contributed by atoms with Crippen LogP contribution in [-0.4, -0.2) is 19.8 Å². The average Bonchev–Trinajstić information content (AvgIpc) is 1.82. The quantitative estimate of drug-likeness (QED) is 0.321. The lowest BCUT2D eigenvalue weighted by molar-refractivity contribution is -0.120. The van der Waals surface area contributed by atoms with Crippen molar-refractivity contribution in [3.05, 3.63) is 12.3 Å². The van der Waals surface area contributed by atoms with Gasteiger partial charge in [-0.15, -0.1) is 0 Å². The van der Waals surface area contributed by atoms with Crippen molar-refractivity contribution in [2.75, 3.05) is 13.9 Å². The highest BCUT2D eigenvalue weighted by Crippen LogP contribution is 1.89. The molecule has 0 atom stereocenters. The van der Waals surface area contributed by atoms with Crippen LogP contribution in [-0.2, 0) is 14.3 Å². The van der Waals surface area contributed by atoms with E-state index in [4.69, 9.17) is 5.73 Å². The van der Waals surface area contributed by atoms with E-state index in [1.165, 1.54) is 7.11 Å². The van der Waals surface area contributed by atoms with E-state index in [0.717, 1.165) is 0 Å². The van der Waals surface area contributed by atoms with Crippen molar-refractivity contribution in [1.29, 1.82) is 0 Å². The van der Waals surface area contributed by atoms with E-state index >= 15 is 0 Å². The highest BCUT2D eigenvalue weighted by Gasteiger charge is 1.99. The maximum atomic E-state index is 10.1. The Hall–Kier alpha value is -1.03. The molecule has 0 aliphatic carbocycles. The summed E-state index contributed by atoms with van der Waals surface area (Å²) in [6.07, 6.45) is 0. The third-order valence-corrected chi connectivity index (χ3v) is 0.626. The molecule has 0 spiro atoms. The first-order chi connectivity index (χ1) is 4.18. The highest BCUT2D eigenvalue weighted by molar-refractivity contribution is 5.89. The first-order valence-electron chi connectivity index (χ1n) is 2.29. The van der Waals surface area contributed by atoms with Crippen molar-refractivity contribution in [3.63, 3.8) is 0 Å². The maximum Gasteiger partial charge on any atom is 0.283 e. The molecule has 9 heavy (non-hydrogen) atoms. The monoisotopic (exact) mass is 131 g/mol. The van der Waals surface area contributed by atoms with E-state index in [1.54, 1.807) is 0 Å². The van der Waals surface area contributed by atoms with Crippen LogP contribution in [0.15, 0.2) is 12.3 Å². The van der Waals surface area contributed by atoms with Crippen LogP contribution in [0.3, 0.4) is 0 Å². The molecular formula is C5H9NO3. The van der Waals surface area contributed by atoms with Crippen molar-refractivity contribution >= 4 is 5.91 Å². The molecule has 0 saturated heterocycles. The van der Waals surface area contributed by atoms with E-state index in [-0.39, 0.29) is 12.6 Å². The number of primary amides is 1. The highest BCUT2D eigenvalue weighted by atomic mass is 16.7. The lowest BCUT2D eigenvalue weighted by Gasteiger charge is -2.01.